The molecule has 2 aromatic rings. The highest BCUT2D eigenvalue weighted by molar-refractivity contribution is 5.93. The Balaban J connectivity index is 1.66. The Labute approximate surface area is 110 Å². The van der Waals surface area contributed by atoms with Gasteiger partial charge in [0, 0.05) is 5.92 Å². The molecule has 1 fully saturated rings. The Morgan fingerprint density at radius 3 is 2.74 bits per heavy atom. The number of rotatable bonds is 4. The Hall–Kier alpha value is -2.21. The second kappa shape index (κ2) is 4.81. The van der Waals surface area contributed by atoms with Crippen LogP contribution >= 0.6 is 0 Å². The molecule has 0 saturated heterocycles. The molecule has 1 aromatic heterocycles. The van der Waals surface area contributed by atoms with E-state index >= 15 is 0 Å². The van der Waals surface area contributed by atoms with E-state index in [0.29, 0.717) is 11.8 Å². The third-order valence-corrected chi connectivity index (χ3v) is 3.04. The van der Waals surface area contributed by atoms with E-state index < -0.39 is 6.04 Å². The van der Waals surface area contributed by atoms with Crippen LogP contribution in [0.25, 0.3) is 0 Å². The quantitative estimate of drug-likeness (QED) is 0.868. The maximum Gasteiger partial charge on any atom is 0.322 e. The lowest BCUT2D eigenvalue weighted by Gasteiger charge is -2.09. The first-order valence-electron chi connectivity index (χ1n) is 6.19. The molecule has 98 valence electrons. The second-order valence-corrected chi connectivity index (χ2v) is 4.60. The van der Waals surface area contributed by atoms with Crippen LogP contribution in [0.5, 0.6) is 0 Å². The average molecular weight is 258 g/mol. The van der Waals surface area contributed by atoms with E-state index in [0.717, 1.165) is 18.4 Å². The van der Waals surface area contributed by atoms with E-state index in [1.165, 1.54) is 0 Å². The normalized spacial score (nSPS) is 16.1. The fraction of sp³-hybridized carbons (Fsp3) is 0.308. The third kappa shape index (κ3) is 2.63. The highest BCUT2D eigenvalue weighted by Crippen LogP contribution is 2.39. The molecule has 0 unspecified atom stereocenters. The summed E-state index contributed by atoms with van der Waals surface area (Å²) in [6.45, 7) is 0. The van der Waals surface area contributed by atoms with Crippen LogP contribution in [0, 0.1) is 0 Å². The summed E-state index contributed by atoms with van der Waals surface area (Å²) in [5, 5.41) is 10.2. The Kier molecular flexibility index (Phi) is 3.00. The minimum absolute atomic E-state index is 0.110. The van der Waals surface area contributed by atoms with Crippen molar-refractivity contribution < 1.29 is 9.21 Å². The fourth-order valence-corrected chi connectivity index (χ4v) is 1.78. The van der Waals surface area contributed by atoms with Crippen molar-refractivity contribution in [2.75, 3.05) is 5.32 Å². The molecule has 1 aliphatic rings. The van der Waals surface area contributed by atoms with Gasteiger partial charge in [-0.05, 0) is 18.4 Å². The molecule has 1 heterocycles. The van der Waals surface area contributed by atoms with Gasteiger partial charge >= 0.3 is 6.01 Å². The number of benzene rings is 1. The van der Waals surface area contributed by atoms with Gasteiger partial charge in [0.05, 0.1) is 0 Å². The zero-order chi connectivity index (χ0) is 13.2. The van der Waals surface area contributed by atoms with Crippen LogP contribution in [-0.4, -0.2) is 16.1 Å². The summed E-state index contributed by atoms with van der Waals surface area (Å²) in [7, 11) is 0. The van der Waals surface area contributed by atoms with E-state index in [2.05, 4.69) is 15.5 Å². The average Bonchev–Trinajstić information content (AvgIpc) is 3.20. The smallest absolute Gasteiger partial charge is 0.322 e. The van der Waals surface area contributed by atoms with Gasteiger partial charge in [-0.15, -0.1) is 5.10 Å². The molecule has 3 rings (SSSR count). The summed E-state index contributed by atoms with van der Waals surface area (Å²) in [6, 6.07) is 8.49. The lowest BCUT2D eigenvalue weighted by molar-refractivity contribution is -0.117. The number of hydrogen-bond acceptors (Lipinski definition) is 5. The van der Waals surface area contributed by atoms with Gasteiger partial charge in [-0.3, -0.25) is 10.1 Å². The zero-order valence-corrected chi connectivity index (χ0v) is 10.2. The summed E-state index contributed by atoms with van der Waals surface area (Å²) >= 11 is 0. The molecule has 1 amide bonds. The second-order valence-electron chi connectivity index (χ2n) is 4.60. The minimum atomic E-state index is -0.752. The maximum atomic E-state index is 11.9. The van der Waals surface area contributed by atoms with Crippen LogP contribution in [-0.2, 0) is 4.79 Å². The van der Waals surface area contributed by atoms with E-state index in [4.69, 9.17) is 10.2 Å². The SMILES string of the molecule is N[C@@H](C(=O)Nc1nnc(C2CC2)o1)c1ccccc1. The van der Waals surface area contributed by atoms with E-state index in [1.54, 1.807) is 12.1 Å². The summed E-state index contributed by atoms with van der Waals surface area (Å²) in [6.07, 6.45) is 2.14. The van der Waals surface area contributed by atoms with Crippen molar-refractivity contribution in [1.29, 1.82) is 0 Å². The van der Waals surface area contributed by atoms with Gasteiger partial charge in [-0.1, -0.05) is 35.4 Å². The van der Waals surface area contributed by atoms with Gasteiger partial charge in [0.15, 0.2) is 0 Å². The first-order chi connectivity index (χ1) is 9.24. The van der Waals surface area contributed by atoms with Crippen LogP contribution < -0.4 is 11.1 Å². The summed E-state index contributed by atoms with van der Waals surface area (Å²) in [4.78, 5) is 11.9. The molecule has 1 saturated carbocycles. The first-order valence-corrected chi connectivity index (χ1v) is 6.19. The van der Waals surface area contributed by atoms with Gasteiger partial charge in [-0.25, -0.2) is 0 Å². The molecule has 1 aliphatic carbocycles. The van der Waals surface area contributed by atoms with E-state index in [-0.39, 0.29) is 11.9 Å². The van der Waals surface area contributed by atoms with Crippen molar-refractivity contribution in [2.45, 2.75) is 24.8 Å². The molecular formula is C13H14N4O2. The van der Waals surface area contributed by atoms with Crippen molar-refractivity contribution in [2.24, 2.45) is 5.73 Å². The summed E-state index contributed by atoms with van der Waals surface area (Å²) in [5.41, 5.74) is 6.60. The van der Waals surface area contributed by atoms with Crippen molar-refractivity contribution >= 4 is 11.9 Å². The number of nitrogens with zero attached hydrogens (tertiary/aromatic N) is 2. The van der Waals surface area contributed by atoms with Gasteiger partial charge in [-0.2, -0.15) is 0 Å². The monoisotopic (exact) mass is 258 g/mol. The number of aromatic nitrogens is 2. The number of hydrogen-bond donors (Lipinski definition) is 2. The van der Waals surface area contributed by atoms with Crippen molar-refractivity contribution in [1.82, 2.24) is 10.2 Å². The summed E-state index contributed by atoms with van der Waals surface area (Å²) in [5.74, 6) is 0.585. The number of amides is 1. The van der Waals surface area contributed by atoms with Crippen LogP contribution in [0.4, 0.5) is 6.01 Å². The third-order valence-electron chi connectivity index (χ3n) is 3.04. The van der Waals surface area contributed by atoms with E-state index in [9.17, 15) is 4.79 Å². The van der Waals surface area contributed by atoms with Crippen LogP contribution in [0.3, 0.4) is 0 Å². The molecule has 0 spiro atoms. The zero-order valence-electron chi connectivity index (χ0n) is 10.2. The number of carbonyl (C=O) groups is 1. The van der Waals surface area contributed by atoms with Crippen LogP contribution in [0.15, 0.2) is 34.7 Å². The number of anilines is 1. The number of nitrogens with one attached hydrogen (secondary N) is 1. The highest BCUT2D eigenvalue weighted by atomic mass is 16.4. The Bertz CT molecular complexity index is 577. The maximum absolute atomic E-state index is 11.9. The van der Waals surface area contributed by atoms with Crippen LogP contribution in [0.1, 0.15) is 36.3 Å². The van der Waals surface area contributed by atoms with Gasteiger partial charge in [0.1, 0.15) is 6.04 Å². The lowest BCUT2D eigenvalue weighted by Crippen LogP contribution is -2.27. The Morgan fingerprint density at radius 1 is 1.32 bits per heavy atom. The molecule has 1 aromatic carbocycles. The van der Waals surface area contributed by atoms with Crippen molar-refractivity contribution in [3.63, 3.8) is 0 Å². The molecule has 0 bridgehead atoms. The van der Waals surface area contributed by atoms with Crippen molar-refractivity contribution in [3.05, 3.63) is 41.8 Å². The molecule has 3 N–H and O–H groups in total. The van der Waals surface area contributed by atoms with Gasteiger partial charge in [0.25, 0.3) is 0 Å². The molecular weight excluding hydrogens is 244 g/mol. The Morgan fingerprint density at radius 2 is 2.05 bits per heavy atom. The standard InChI is InChI=1S/C13H14N4O2/c14-10(8-4-2-1-3-5-8)11(18)15-13-17-16-12(19-13)9-6-7-9/h1-5,9-10H,6-7,14H2,(H,15,17,18)/t10-/m1/s1. The largest absolute Gasteiger partial charge is 0.408 e. The molecule has 1 atom stereocenters. The van der Waals surface area contributed by atoms with Gasteiger partial charge in [0.2, 0.25) is 11.8 Å². The molecule has 0 aliphatic heterocycles. The highest BCUT2D eigenvalue weighted by Gasteiger charge is 2.29. The number of nitrogens with two attached hydrogens (primary N) is 1. The molecule has 0 radical (unpaired) electrons. The predicted octanol–water partition coefficient (Wildman–Crippen LogP) is 1.59. The van der Waals surface area contributed by atoms with Crippen LogP contribution in [0.2, 0.25) is 0 Å². The predicted molar refractivity (Wildman–Crippen MR) is 68.3 cm³/mol. The molecule has 6 nitrogen and oxygen atoms in total. The minimum Gasteiger partial charge on any atom is -0.408 e. The van der Waals surface area contributed by atoms with Gasteiger partial charge < -0.3 is 10.2 Å². The number of carbonyl (C=O) groups excluding carboxylic acids is 1. The lowest BCUT2D eigenvalue weighted by atomic mass is 10.1. The molecule has 6 heteroatoms. The fourth-order valence-electron chi connectivity index (χ4n) is 1.78. The summed E-state index contributed by atoms with van der Waals surface area (Å²) < 4.78 is 5.35. The topological polar surface area (TPSA) is 94.0 Å². The first kappa shape index (κ1) is 11.9. The van der Waals surface area contributed by atoms with E-state index in [1.807, 2.05) is 18.2 Å². The van der Waals surface area contributed by atoms with Crippen molar-refractivity contribution in [3.8, 4) is 0 Å². The molecule has 19 heavy (non-hydrogen) atoms.